The fourth-order valence-corrected chi connectivity index (χ4v) is 1.54. The van der Waals surface area contributed by atoms with E-state index in [0.717, 1.165) is 0 Å². The van der Waals surface area contributed by atoms with E-state index in [0.29, 0.717) is 11.1 Å². The fraction of sp³-hybridized carbons (Fsp3) is 0. The lowest BCUT2D eigenvalue weighted by molar-refractivity contribution is 0.631. The molecule has 0 bridgehead atoms. The summed E-state index contributed by atoms with van der Waals surface area (Å²) in [5, 5.41) is 0. The summed E-state index contributed by atoms with van der Waals surface area (Å²) in [5.41, 5.74) is 11.9. The van der Waals surface area contributed by atoms with Crippen molar-refractivity contribution in [1.29, 1.82) is 0 Å². The van der Waals surface area contributed by atoms with Crippen LogP contribution in [0.1, 0.15) is 0 Å². The molecule has 0 aliphatic rings. The van der Waals surface area contributed by atoms with Crippen LogP contribution < -0.4 is 11.5 Å². The first-order valence-corrected chi connectivity index (χ1v) is 4.69. The van der Waals surface area contributed by atoms with Crippen LogP contribution in [0.4, 0.5) is 20.2 Å². The molecule has 2 rings (SSSR count). The molecule has 0 saturated carbocycles. The zero-order valence-corrected chi connectivity index (χ0v) is 8.37. The standard InChI is InChI=1S/C12H10F2N2/c13-9-5-1-3-7(11(9)15)8-4-2-6-10(14)12(8)16/h1-6H,15-16H2. The van der Waals surface area contributed by atoms with E-state index in [1.54, 1.807) is 12.1 Å². The predicted octanol–water partition coefficient (Wildman–Crippen LogP) is 2.80. The van der Waals surface area contributed by atoms with E-state index in [9.17, 15) is 8.78 Å². The Bertz CT molecular complexity index is 489. The van der Waals surface area contributed by atoms with Crippen LogP contribution in [0, 0.1) is 11.6 Å². The van der Waals surface area contributed by atoms with Gasteiger partial charge in [-0.05, 0) is 12.1 Å². The fourth-order valence-electron chi connectivity index (χ4n) is 1.54. The number of anilines is 2. The number of nitrogen functional groups attached to an aromatic ring is 2. The molecule has 82 valence electrons. The summed E-state index contributed by atoms with van der Waals surface area (Å²) in [6, 6.07) is 8.70. The van der Waals surface area contributed by atoms with Crippen LogP contribution in [0.3, 0.4) is 0 Å². The van der Waals surface area contributed by atoms with Gasteiger partial charge in [0.1, 0.15) is 11.6 Å². The van der Waals surface area contributed by atoms with Crippen LogP contribution >= 0.6 is 0 Å². The maximum atomic E-state index is 13.2. The summed E-state index contributed by atoms with van der Waals surface area (Å²) in [6.07, 6.45) is 0. The summed E-state index contributed by atoms with van der Waals surface area (Å²) in [5.74, 6) is -1.08. The molecule has 0 heterocycles. The van der Waals surface area contributed by atoms with Crippen molar-refractivity contribution in [3.8, 4) is 11.1 Å². The van der Waals surface area contributed by atoms with E-state index in [1.807, 2.05) is 0 Å². The molecule has 0 fully saturated rings. The molecule has 0 atom stereocenters. The largest absolute Gasteiger partial charge is 0.396 e. The number of hydrogen-bond donors (Lipinski definition) is 2. The summed E-state index contributed by atoms with van der Waals surface area (Å²) in [4.78, 5) is 0. The number of hydrogen-bond acceptors (Lipinski definition) is 2. The normalized spacial score (nSPS) is 10.4. The minimum Gasteiger partial charge on any atom is -0.396 e. The summed E-state index contributed by atoms with van der Waals surface area (Å²) in [6.45, 7) is 0. The van der Waals surface area contributed by atoms with Gasteiger partial charge in [0.25, 0.3) is 0 Å². The summed E-state index contributed by atoms with van der Waals surface area (Å²) >= 11 is 0. The van der Waals surface area contributed by atoms with Crippen LogP contribution in [0.25, 0.3) is 11.1 Å². The van der Waals surface area contributed by atoms with E-state index in [1.165, 1.54) is 24.3 Å². The molecule has 16 heavy (non-hydrogen) atoms. The van der Waals surface area contributed by atoms with Crippen LogP contribution in [0.15, 0.2) is 36.4 Å². The second kappa shape index (κ2) is 3.81. The summed E-state index contributed by atoms with van der Waals surface area (Å²) < 4.78 is 26.5. The lowest BCUT2D eigenvalue weighted by atomic mass is 10.0. The molecule has 2 aromatic rings. The van der Waals surface area contributed by atoms with E-state index in [4.69, 9.17) is 11.5 Å². The van der Waals surface area contributed by atoms with Crippen LogP contribution in [-0.2, 0) is 0 Å². The molecule has 2 nitrogen and oxygen atoms in total. The maximum absolute atomic E-state index is 13.2. The zero-order chi connectivity index (χ0) is 11.7. The Kier molecular flexibility index (Phi) is 2.48. The van der Waals surface area contributed by atoms with Crippen LogP contribution in [0.5, 0.6) is 0 Å². The smallest absolute Gasteiger partial charge is 0.146 e. The van der Waals surface area contributed by atoms with Crippen molar-refractivity contribution in [3.63, 3.8) is 0 Å². The topological polar surface area (TPSA) is 52.0 Å². The number of benzene rings is 2. The van der Waals surface area contributed by atoms with Gasteiger partial charge in [-0.15, -0.1) is 0 Å². The van der Waals surface area contributed by atoms with E-state index in [-0.39, 0.29) is 11.4 Å². The Morgan fingerprint density at radius 3 is 1.44 bits per heavy atom. The van der Waals surface area contributed by atoms with E-state index in [2.05, 4.69) is 0 Å². The highest BCUT2D eigenvalue weighted by atomic mass is 19.1. The maximum Gasteiger partial charge on any atom is 0.146 e. The second-order valence-corrected chi connectivity index (χ2v) is 3.40. The first-order chi connectivity index (χ1) is 7.61. The van der Waals surface area contributed by atoms with Gasteiger partial charge in [-0.3, -0.25) is 0 Å². The number of nitrogens with two attached hydrogens (primary N) is 2. The highest BCUT2D eigenvalue weighted by Gasteiger charge is 2.11. The Balaban J connectivity index is 2.68. The first kappa shape index (κ1) is 10.4. The highest BCUT2D eigenvalue weighted by molar-refractivity contribution is 5.84. The second-order valence-electron chi connectivity index (χ2n) is 3.40. The molecule has 0 unspecified atom stereocenters. The van der Waals surface area contributed by atoms with Gasteiger partial charge < -0.3 is 11.5 Å². The van der Waals surface area contributed by atoms with E-state index >= 15 is 0 Å². The third-order valence-corrected chi connectivity index (χ3v) is 2.40. The quantitative estimate of drug-likeness (QED) is 0.726. The molecule has 0 aliphatic heterocycles. The van der Waals surface area contributed by atoms with Gasteiger partial charge in [-0.2, -0.15) is 0 Å². The van der Waals surface area contributed by atoms with Crippen LogP contribution in [-0.4, -0.2) is 0 Å². The third-order valence-electron chi connectivity index (χ3n) is 2.40. The number of para-hydroxylation sites is 2. The molecular formula is C12H10F2N2. The third kappa shape index (κ3) is 1.58. The Morgan fingerprint density at radius 1 is 0.688 bits per heavy atom. The molecule has 4 heteroatoms. The van der Waals surface area contributed by atoms with Crippen molar-refractivity contribution in [2.75, 3.05) is 11.5 Å². The van der Waals surface area contributed by atoms with Crippen molar-refractivity contribution in [2.24, 2.45) is 0 Å². The molecule has 0 aliphatic carbocycles. The molecular weight excluding hydrogens is 210 g/mol. The van der Waals surface area contributed by atoms with Crippen LogP contribution in [0.2, 0.25) is 0 Å². The van der Waals surface area contributed by atoms with Gasteiger partial charge in [0.2, 0.25) is 0 Å². The zero-order valence-electron chi connectivity index (χ0n) is 8.37. The highest BCUT2D eigenvalue weighted by Crippen LogP contribution is 2.32. The van der Waals surface area contributed by atoms with Gasteiger partial charge >= 0.3 is 0 Å². The van der Waals surface area contributed by atoms with Gasteiger partial charge in [-0.25, -0.2) is 8.78 Å². The Labute approximate surface area is 91.5 Å². The average Bonchev–Trinajstić information content (AvgIpc) is 2.27. The minimum atomic E-state index is -0.541. The predicted molar refractivity (Wildman–Crippen MR) is 60.6 cm³/mol. The average molecular weight is 220 g/mol. The molecule has 0 spiro atoms. The van der Waals surface area contributed by atoms with Gasteiger partial charge in [0.15, 0.2) is 0 Å². The minimum absolute atomic E-state index is 0.0280. The molecule has 2 aromatic carbocycles. The Morgan fingerprint density at radius 2 is 1.06 bits per heavy atom. The lowest BCUT2D eigenvalue weighted by Gasteiger charge is -2.09. The molecule has 0 radical (unpaired) electrons. The first-order valence-electron chi connectivity index (χ1n) is 4.69. The molecule has 0 aromatic heterocycles. The molecule has 0 saturated heterocycles. The van der Waals surface area contributed by atoms with Crippen molar-refractivity contribution >= 4 is 11.4 Å². The monoisotopic (exact) mass is 220 g/mol. The lowest BCUT2D eigenvalue weighted by Crippen LogP contribution is -1.98. The van der Waals surface area contributed by atoms with Crippen molar-refractivity contribution in [3.05, 3.63) is 48.0 Å². The Hall–Kier alpha value is -2.10. The molecule has 4 N–H and O–H groups in total. The van der Waals surface area contributed by atoms with Crippen molar-refractivity contribution in [2.45, 2.75) is 0 Å². The molecule has 0 amide bonds. The van der Waals surface area contributed by atoms with Crippen molar-refractivity contribution in [1.82, 2.24) is 0 Å². The van der Waals surface area contributed by atoms with E-state index < -0.39 is 11.6 Å². The SMILES string of the molecule is Nc1c(F)cccc1-c1cccc(F)c1N. The summed E-state index contributed by atoms with van der Waals surface area (Å²) in [7, 11) is 0. The number of halogens is 2. The van der Waals surface area contributed by atoms with Gasteiger partial charge in [-0.1, -0.05) is 24.3 Å². The van der Waals surface area contributed by atoms with Gasteiger partial charge in [0.05, 0.1) is 11.4 Å². The van der Waals surface area contributed by atoms with Gasteiger partial charge in [0, 0.05) is 11.1 Å². The number of rotatable bonds is 1. The van der Waals surface area contributed by atoms with Crippen molar-refractivity contribution < 1.29 is 8.78 Å².